The van der Waals surface area contributed by atoms with E-state index in [1.165, 1.54) is 14.2 Å². The molecule has 0 aliphatic carbocycles. The molecule has 1 aliphatic rings. The Balaban J connectivity index is 2.70. The Morgan fingerprint density at radius 2 is 2.00 bits per heavy atom. The van der Waals surface area contributed by atoms with E-state index in [-0.39, 0.29) is 6.61 Å². The highest BCUT2D eigenvalue weighted by Gasteiger charge is 2.44. The monoisotopic (exact) mass is 221 g/mol. The summed E-state index contributed by atoms with van der Waals surface area (Å²) in [5.74, 6) is 0. The molecule has 0 spiro atoms. The molecular weight excluding hydrogens is 202 g/mol. The minimum absolute atomic E-state index is 0.217. The molecule has 15 heavy (non-hydrogen) atoms. The molecule has 0 unspecified atom stereocenters. The van der Waals surface area contributed by atoms with E-state index in [9.17, 15) is 10.2 Å². The summed E-state index contributed by atoms with van der Waals surface area (Å²) in [5.41, 5.74) is 0. The van der Waals surface area contributed by atoms with Crippen molar-refractivity contribution in [1.82, 2.24) is 5.32 Å². The van der Waals surface area contributed by atoms with E-state index in [1.807, 2.05) is 0 Å². The van der Waals surface area contributed by atoms with E-state index in [4.69, 9.17) is 14.2 Å². The zero-order chi connectivity index (χ0) is 11.4. The smallest absolute Gasteiger partial charge is 0.173 e. The Hall–Kier alpha value is -0.240. The van der Waals surface area contributed by atoms with Gasteiger partial charge in [-0.2, -0.15) is 0 Å². The molecule has 6 nitrogen and oxygen atoms in total. The summed E-state index contributed by atoms with van der Waals surface area (Å²) in [6.07, 6.45) is -2.92. The van der Waals surface area contributed by atoms with Crippen LogP contribution < -0.4 is 5.32 Å². The number of rotatable bonds is 4. The molecule has 1 saturated heterocycles. The number of hydrogen-bond acceptors (Lipinski definition) is 6. The molecule has 90 valence electrons. The van der Waals surface area contributed by atoms with Crippen molar-refractivity contribution in [3.8, 4) is 0 Å². The van der Waals surface area contributed by atoms with Crippen molar-refractivity contribution in [3.63, 3.8) is 0 Å². The zero-order valence-electron chi connectivity index (χ0n) is 9.21. The lowest BCUT2D eigenvalue weighted by Gasteiger charge is -2.41. The molecule has 0 aromatic carbocycles. The maximum Gasteiger partial charge on any atom is 0.173 e. The van der Waals surface area contributed by atoms with Gasteiger partial charge in [0.15, 0.2) is 6.29 Å². The molecule has 0 bridgehead atoms. The number of methoxy groups -OCH3 is 2. The average molecular weight is 221 g/mol. The third-order valence-corrected chi connectivity index (χ3v) is 2.63. The molecule has 0 radical (unpaired) electrons. The summed E-state index contributed by atoms with van der Waals surface area (Å²) in [4.78, 5) is 0. The number of aliphatic hydroxyl groups excluding tert-OH is 2. The van der Waals surface area contributed by atoms with Crippen molar-refractivity contribution in [2.45, 2.75) is 30.6 Å². The van der Waals surface area contributed by atoms with Gasteiger partial charge in [0.2, 0.25) is 0 Å². The lowest BCUT2D eigenvalue weighted by molar-refractivity contribution is -0.259. The molecular formula is C9H19NO5. The SMILES string of the molecule is CN[C@@H]1[C@@H](OC)[C@H](O)[C@@H](COC)O[C@@H]1O. The maximum atomic E-state index is 9.90. The van der Waals surface area contributed by atoms with Gasteiger partial charge in [-0.1, -0.05) is 0 Å². The predicted octanol–water partition coefficient (Wildman–Crippen LogP) is -1.69. The Labute approximate surface area is 89.1 Å². The number of hydrogen-bond donors (Lipinski definition) is 3. The number of nitrogens with one attached hydrogen (secondary N) is 1. The van der Waals surface area contributed by atoms with Gasteiger partial charge in [-0.3, -0.25) is 0 Å². The topological polar surface area (TPSA) is 80.2 Å². The van der Waals surface area contributed by atoms with Crippen LogP contribution in [0.1, 0.15) is 0 Å². The minimum Gasteiger partial charge on any atom is -0.388 e. The van der Waals surface area contributed by atoms with Gasteiger partial charge in [0, 0.05) is 14.2 Å². The molecule has 0 aromatic rings. The van der Waals surface area contributed by atoms with E-state index in [0.717, 1.165) is 0 Å². The van der Waals surface area contributed by atoms with Gasteiger partial charge < -0.3 is 29.7 Å². The largest absolute Gasteiger partial charge is 0.388 e. The Bertz CT molecular complexity index is 191. The van der Waals surface area contributed by atoms with Crippen LogP contribution in [0.25, 0.3) is 0 Å². The summed E-state index contributed by atoms with van der Waals surface area (Å²) in [6, 6.07) is -0.446. The third-order valence-electron chi connectivity index (χ3n) is 2.63. The van der Waals surface area contributed by atoms with E-state index in [2.05, 4.69) is 5.32 Å². The van der Waals surface area contributed by atoms with Gasteiger partial charge in [0.25, 0.3) is 0 Å². The first-order valence-electron chi connectivity index (χ1n) is 4.86. The summed E-state index contributed by atoms with van der Waals surface area (Å²) in [5, 5.41) is 22.4. The first-order chi connectivity index (χ1) is 7.15. The van der Waals surface area contributed by atoms with Gasteiger partial charge in [-0.15, -0.1) is 0 Å². The molecule has 0 amide bonds. The van der Waals surface area contributed by atoms with Crippen LogP contribution in [0.5, 0.6) is 0 Å². The van der Waals surface area contributed by atoms with Crippen LogP contribution in [-0.4, -0.2) is 68.7 Å². The Morgan fingerprint density at radius 3 is 2.47 bits per heavy atom. The van der Waals surface area contributed by atoms with Crippen LogP contribution in [0.4, 0.5) is 0 Å². The molecule has 0 saturated carbocycles. The highest BCUT2D eigenvalue weighted by molar-refractivity contribution is 4.93. The lowest BCUT2D eigenvalue weighted by atomic mass is 9.97. The Kier molecular flexibility index (Phi) is 4.91. The van der Waals surface area contributed by atoms with Crippen LogP contribution in [0.2, 0.25) is 0 Å². The van der Waals surface area contributed by atoms with Gasteiger partial charge in [-0.25, -0.2) is 0 Å². The lowest BCUT2D eigenvalue weighted by Crippen LogP contribution is -2.63. The summed E-state index contributed by atoms with van der Waals surface area (Å²) < 4.78 is 15.2. The number of likely N-dealkylation sites (N-methyl/N-ethyl adjacent to an activating group) is 1. The normalized spacial score (nSPS) is 41.8. The molecule has 5 atom stereocenters. The van der Waals surface area contributed by atoms with E-state index >= 15 is 0 Å². The highest BCUT2D eigenvalue weighted by Crippen LogP contribution is 2.21. The summed E-state index contributed by atoms with van der Waals surface area (Å²) >= 11 is 0. The van der Waals surface area contributed by atoms with Crippen LogP contribution >= 0.6 is 0 Å². The summed E-state index contributed by atoms with van der Waals surface area (Å²) in [7, 11) is 4.67. The third kappa shape index (κ3) is 2.66. The second-order valence-electron chi connectivity index (χ2n) is 3.53. The van der Waals surface area contributed by atoms with Crippen molar-refractivity contribution in [2.24, 2.45) is 0 Å². The first-order valence-corrected chi connectivity index (χ1v) is 4.86. The molecule has 1 rings (SSSR count). The number of ether oxygens (including phenoxy) is 3. The van der Waals surface area contributed by atoms with Crippen LogP contribution in [0.3, 0.4) is 0 Å². The first kappa shape index (κ1) is 12.8. The fourth-order valence-electron chi connectivity index (χ4n) is 1.83. The molecule has 1 heterocycles. The van der Waals surface area contributed by atoms with Crippen LogP contribution in [0.15, 0.2) is 0 Å². The van der Waals surface area contributed by atoms with Crippen LogP contribution in [-0.2, 0) is 14.2 Å². The van der Waals surface area contributed by atoms with Crippen molar-refractivity contribution in [3.05, 3.63) is 0 Å². The minimum atomic E-state index is -1.01. The van der Waals surface area contributed by atoms with Crippen LogP contribution in [0, 0.1) is 0 Å². The average Bonchev–Trinajstić information content (AvgIpc) is 2.22. The van der Waals surface area contributed by atoms with Crippen molar-refractivity contribution in [1.29, 1.82) is 0 Å². The number of aliphatic hydroxyl groups is 2. The second kappa shape index (κ2) is 5.74. The van der Waals surface area contributed by atoms with Crippen molar-refractivity contribution < 1.29 is 24.4 Å². The quantitative estimate of drug-likeness (QED) is 0.526. The second-order valence-corrected chi connectivity index (χ2v) is 3.53. The molecule has 6 heteroatoms. The predicted molar refractivity (Wildman–Crippen MR) is 52.4 cm³/mol. The molecule has 3 N–H and O–H groups in total. The van der Waals surface area contributed by atoms with Crippen molar-refractivity contribution >= 4 is 0 Å². The Morgan fingerprint density at radius 1 is 1.33 bits per heavy atom. The zero-order valence-corrected chi connectivity index (χ0v) is 9.21. The standard InChI is InChI=1S/C9H19NO5/c1-10-6-8(14-3)7(11)5(4-13-2)15-9(6)12/h5-12H,4H2,1-3H3/t5-,6-,7-,8-,9+/m1/s1. The fraction of sp³-hybridized carbons (Fsp3) is 1.00. The van der Waals surface area contributed by atoms with Gasteiger partial charge in [0.1, 0.15) is 18.3 Å². The van der Waals surface area contributed by atoms with Gasteiger partial charge >= 0.3 is 0 Å². The van der Waals surface area contributed by atoms with Gasteiger partial charge in [0.05, 0.1) is 12.6 Å². The molecule has 0 aromatic heterocycles. The highest BCUT2D eigenvalue weighted by atomic mass is 16.6. The van der Waals surface area contributed by atoms with E-state index < -0.39 is 30.6 Å². The van der Waals surface area contributed by atoms with Crippen molar-refractivity contribution in [2.75, 3.05) is 27.9 Å². The van der Waals surface area contributed by atoms with E-state index in [1.54, 1.807) is 7.05 Å². The molecule has 1 fully saturated rings. The maximum absolute atomic E-state index is 9.90. The van der Waals surface area contributed by atoms with E-state index in [0.29, 0.717) is 0 Å². The summed E-state index contributed by atoms with van der Waals surface area (Å²) in [6.45, 7) is 0.217. The molecule has 1 aliphatic heterocycles. The fourth-order valence-corrected chi connectivity index (χ4v) is 1.83. The van der Waals surface area contributed by atoms with Gasteiger partial charge in [-0.05, 0) is 7.05 Å².